The van der Waals surface area contributed by atoms with E-state index in [1.807, 2.05) is 19.9 Å². The first-order valence-corrected chi connectivity index (χ1v) is 4.11. The molecular formula is C10H12ClN. The van der Waals surface area contributed by atoms with E-state index in [0.29, 0.717) is 5.02 Å². The van der Waals surface area contributed by atoms with E-state index in [2.05, 4.69) is 6.58 Å². The zero-order valence-corrected chi connectivity index (χ0v) is 8.07. The topological polar surface area (TPSA) is 26.0 Å². The van der Waals surface area contributed by atoms with Crippen molar-refractivity contribution in [3.63, 3.8) is 0 Å². The predicted octanol–water partition coefficient (Wildman–Crippen LogP) is 3.26. The molecule has 0 radical (unpaired) electrons. The molecule has 0 aliphatic heterocycles. The number of rotatable bonds is 1. The minimum atomic E-state index is 0.663. The van der Waals surface area contributed by atoms with E-state index in [0.717, 1.165) is 22.4 Å². The fourth-order valence-corrected chi connectivity index (χ4v) is 1.37. The van der Waals surface area contributed by atoms with Gasteiger partial charge in [-0.2, -0.15) is 0 Å². The lowest BCUT2D eigenvalue weighted by molar-refractivity contribution is 1.41. The molecule has 0 aliphatic carbocycles. The lowest BCUT2D eigenvalue weighted by Gasteiger charge is -2.08. The lowest BCUT2D eigenvalue weighted by Crippen LogP contribution is -1.93. The molecule has 0 aromatic heterocycles. The van der Waals surface area contributed by atoms with E-state index in [-0.39, 0.29) is 0 Å². The zero-order chi connectivity index (χ0) is 9.30. The number of hydrogen-bond donors (Lipinski definition) is 1. The van der Waals surface area contributed by atoms with Gasteiger partial charge in [0, 0.05) is 10.7 Å². The number of halogens is 1. The summed E-state index contributed by atoms with van der Waals surface area (Å²) in [5.74, 6) is 0. The largest absolute Gasteiger partial charge is 0.398 e. The average molecular weight is 182 g/mol. The highest BCUT2D eigenvalue weighted by molar-refractivity contribution is 6.31. The standard InChI is InChI=1S/C10H12ClN/c1-6(2)9-4-8(11)5-10(12)7(9)3/h4-5H,1,12H2,2-3H3. The second kappa shape index (κ2) is 3.20. The second-order valence-electron chi connectivity index (χ2n) is 2.95. The third kappa shape index (κ3) is 1.62. The van der Waals surface area contributed by atoms with Gasteiger partial charge in [-0.05, 0) is 37.1 Å². The first-order valence-electron chi connectivity index (χ1n) is 3.74. The summed E-state index contributed by atoms with van der Waals surface area (Å²) in [6.07, 6.45) is 0. The van der Waals surface area contributed by atoms with Crippen molar-refractivity contribution in [3.05, 3.63) is 34.9 Å². The van der Waals surface area contributed by atoms with Gasteiger partial charge in [-0.15, -0.1) is 0 Å². The highest BCUT2D eigenvalue weighted by Gasteiger charge is 2.03. The molecule has 0 saturated heterocycles. The Balaban J connectivity index is 3.37. The van der Waals surface area contributed by atoms with Crippen LogP contribution in [-0.2, 0) is 0 Å². The van der Waals surface area contributed by atoms with Gasteiger partial charge >= 0.3 is 0 Å². The summed E-state index contributed by atoms with van der Waals surface area (Å²) >= 11 is 5.85. The monoisotopic (exact) mass is 181 g/mol. The Hall–Kier alpha value is -0.950. The number of nitrogen functional groups attached to an aromatic ring is 1. The van der Waals surface area contributed by atoms with Crippen LogP contribution in [0.15, 0.2) is 18.7 Å². The van der Waals surface area contributed by atoms with E-state index in [4.69, 9.17) is 17.3 Å². The molecule has 0 unspecified atom stereocenters. The number of hydrogen-bond acceptors (Lipinski definition) is 1. The minimum absolute atomic E-state index is 0.663. The van der Waals surface area contributed by atoms with Crippen molar-refractivity contribution in [3.8, 4) is 0 Å². The Morgan fingerprint density at radius 3 is 2.58 bits per heavy atom. The maximum atomic E-state index is 5.85. The molecule has 12 heavy (non-hydrogen) atoms. The fraction of sp³-hybridized carbons (Fsp3) is 0.200. The van der Waals surface area contributed by atoms with Gasteiger partial charge in [0.05, 0.1) is 0 Å². The highest BCUT2D eigenvalue weighted by atomic mass is 35.5. The van der Waals surface area contributed by atoms with Gasteiger partial charge in [-0.1, -0.05) is 23.8 Å². The first-order chi connectivity index (χ1) is 5.52. The van der Waals surface area contributed by atoms with Gasteiger partial charge < -0.3 is 5.73 Å². The maximum Gasteiger partial charge on any atom is 0.0432 e. The van der Waals surface area contributed by atoms with Crippen molar-refractivity contribution in [2.24, 2.45) is 0 Å². The van der Waals surface area contributed by atoms with Crippen molar-refractivity contribution < 1.29 is 0 Å². The van der Waals surface area contributed by atoms with Gasteiger partial charge in [-0.25, -0.2) is 0 Å². The van der Waals surface area contributed by atoms with Crippen LogP contribution in [0.4, 0.5) is 5.69 Å². The number of nitrogens with two attached hydrogens (primary N) is 1. The Bertz CT molecular complexity index is 329. The minimum Gasteiger partial charge on any atom is -0.398 e. The highest BCUT2D eigenvalue weighted by Crippen LogP contribution is 2.26. The Labute approximate surface area is 77.8 Å². The predicted molar refractivity (Wildman–Crippen MR) is 55.3 cm³/mol. The molecular weight excluding hydrogens is 170 g/mol. The van der Waals surface area contributed by atoms with Gasteiger partial charge in [0.15, 0.2) is 0 Å². The van der Waals surface area contributed by atoms with E-state index >= 15 is 0 Å². The molecule has 0 aliphatic rings. The van der Waals surface area contributed by atoms with Gasteiger partial charge in [0.1, 0.15) is 0 Å². The van der Waals surface area contributed by atoms with E-state index < -0.39 is 0 Å². The van der Waals surface area contributed by atoms with Crippen molar-refractivity contribution in [2.75, 3.05) is 5.73 Å². The first kappa shape index (κ1) is 9.14. The van der Waals surface area contributed by atoms with Gasteiger partial charge in [0.2, 0.25) is 0 Å². The van der Waals surface area contributed by atoms with Crippen molar-refractivity contribution in [1.29, 1.82) is 0 Å². The fourth-order valence-electron chi connectivity index (χ4n) is 1.14. The SMILES string of the molecule is C=C(C)c1cc(Cl)cc(N)c1C. The normalized spacial score (nSPS) is 9.92. The van der Waals surface area contributed by atoms with Crippen LogP contribution < -0.4 is 5.73 Å². The van der Waals surface area contributed by atoms with Crippen LogP contribution in [0.3, 0.4) is 0 Å². The van der Waals surface area contributed by atoms with Crippen LogP contribution in [0, 0.1) is 6.92 Å². The number of anilines is 1. The summed E-state index contributed by atoms with van der Waals surface area (Å²) in [5, 5.41) is 0.663. The molecule has 0 bridgehead atoms. The van der Waals surface area contributed by atoms with Crippen molar-refractivity contribution in [2.45, 2.75) is 13.8 Å². The van der Waals surface area contributed by atoms with Crippen LogP contribution >= 0.6 is 11.6 Å². The van der Waals surface area contributed by atoms with Crippen LogP contribution in [0.5, 0.6) is 0 Å². The maximum absolute atomic E-state index is 5.85. The molecule has 0 atom stereocenters. The van der Waals surface area contributed by atoms with Crippen LogP contribution in [0.25, 0.3) is 5.57 Å². The number of benzene rings is 1. The average Bonchev–Trinajstić information content (AvgIpc) is 1.96. The Kier molecular flexibility index (Phi) is 2.43. The summed E-state index contributed by atoms with van der Waals surface area (Å²) < 4.78 is 0. The van der Waals surface area contributed by atoms with Crippen molar-refractivity contribution in [1.82, 2.24) is 0 Å². The molecule has 0 amide bonds. The van der Waals surface area contributed by atoms with Gasteiger partial charge in [0.25, 0.3) is 0 Å². The lowest BCUT2D eigenvalue weighted by atomic mass is 10.0. The van der Waals surface area contributed by atoms with Crippen LogP contribution in [-0.4, -0.2) is 0 Å². The Morgan fingerprint density at radius 1 is 1.50 bits per heavy atom. The smallest absolute Gasteiger partial charge is 0.0432 e. The van der Waals surface area contributed by atoms with E-state index in [1.165, 1.54) is 0 Å². The third-order valence-corrected chi connectivity index (χ3v) is 2.09. The second-order valence-corrected chi connectivity index (χ2v) is 3.38. The van der Waals surface area contributed by atoms with E-state index in [1.54, 1.807) is 6.07 Å². The van der Waals surface area contributed by atoms with Crippen LogP contribution in [0.1, 0.15) is 18.1 Å². The molecule has 1 rings (SSSR count). The summed E-state index contributed by atoms with van der Waals surface area (Å²) in [6.45, 7) is 7.76. The molecule has 1 aromatic carbocycles. The van der Waals surface area contributed by atoms with Crippen molar-refractivity contribution >= 4 is 22.9 Å². The number of allylic oxidation sites excluding steroid dienone is 1. The molecule has 0 spiro atoms. The molecule has 0 heterocycles. The zero-order valence-electron chi connectivity index (χ0n) is 7.32. The molecule has 1 nitrogen and oxygen atoms in total. The quantitative estimate of drug-likeness (QED) is 0.662. The summed E-state index contributed by atoms with van der Waals surface area (Å²) in [7, 11) is 0. The van der Waals surface area contributed by atoms with Gasteiger partial charge in [-0.3, -0.25) is 0 Å². The molecule has 0 saturated carbocycles. The van der Waals surface area contributed by atoms with Crippen LogP contribution in [0.2, 0.25) is 5.02 Å². The molecule has 64 valence electrons. The summed E-state index contributed by atoms with van der Waals surface area (Å²) in [5.41, 5.74) is 9.53. The Morgan fingerprint density at radius 2 is 2.08 bits per heavy atom. The molecule has 2 N–H and O–H groups in total. The van der Waals surface area contributed by atoms with E-state index in [9.17, 15) is 0 Å². The molecule has 0 fully saturated rings. The summed E-state index contributed by atoms with van der Waals surface area (Å²) in [4.78, 5) is 0. The molecule has 1 aromatic rings. The molecule has 2 heteroatoms. The summed E-state index contributed by atoms with van der Waals surface area (Å²) in [6, 6.07) is 3.64. The third-order valence-electron chi connectivity index (χ3n) is 1.87.